The lowest BCUT2D eigenvalue weighted by atomic mass is 10.1. The zero-order chi connectivity index (χ0) is 10.8. The summed E-state index contributed by atoms with van der Waals surface area (Å²) in [6.45, 7) is 2.13. The van der Waals surface area contributed by atoms with Crippen LogP contribution in [-0.4, -0.2) is 16.7 Å². The summed E-state index contributed by atoms with van der Waals surface area (Å²) in [6.07, 6.45) is 0. The molecular weight excluding hydrogens is 294 g/mol. The van der Waals surface area contributed by atoms with Gasteiger partial charge in [-0.05, 0) is 28.1 Å². The van der Waals surface area contributed by atoms with Gasteiger partial charge in [0.2, 0.25) is 0 Å². The molecule has 0 amide bonds. The van der Waals surface area contributed by atoms with Crippen molar-refractivity contribution < 1.29 is 5.11 Å². The Hall–Kier alpha value is -0.230. The third kappa shape index (κ3) is 2.47. The van der Waals surface area contributed by atoms with Crippen molar-refractivity contribution in [2.24, 2.45) is 0 Å². The highest BCUT2D eigenvalue weighted by atomic mass is 79.9. The van der Waals surface area contributed by atoms with Crippen molar-refractivity contribution in [3.63, 3.8) is 0 Å². The minimum absolute atomic E-state index is 0.124. The van der Waals surface area contributed by atoms with Crippen LogP contribution in [0.2, 0.25) is 0 Å². The summed E-state index contributed by atoms with van der Waals surface area (Å²) in [4.78, 5) is 5.68. The van der Waals surface area contributed by atoms with Gasteiger partial charge in [-0.15, -0.1) is 22.7 Å². The number of hydrogen-bond donors (Lipinski definition) is 1. The van der Waals surface area contributed by atoms with Crippen LogP contribution in [-0.2, 0) is 0 Å². The molecule has 2 aromatic rings. The smallest absolute Gasteiger partial charge is 0.133 e. The van der Waals surface area contributed by atoms with Crippen LogP contribution in [0.25, 0.3) is 9.88 Å². The predicted octanol–water partition coefficient (Wildman–Crippen LogP) is 3.73. The number of thiophene rings is 1. The van der Waals surface area contributed by atoms with E-state index in [0.29, 0.717) is 0 Å². The monoisotopic (exact) mass is 303 g/mol. The van der Waals surface area contributed by atoms with Crippen molar-refractivity contribution in [1.82, 2.24) is 4.98 Å². The minimum atomic E-state index is 0.124. The molecule has 2 rings (SSSR count). The lowest BCUT2D eigenvalue weighted by molar-refractivity contribution is 0.271. The number of halogens is 1. The van der Waals surface area contributed by atoms with Crippen LogP contribution in [0.1, 0.15) is 18.5 Å². The Bertz CT molecular complexity index is 452. The third-order valence-electron chi connectivity index (χ3n) is 2.08. The first kappa shape index (κ1) is 11.3. The van der Waals surface area contributed by atoms with Crippen LogP contribution in [0.3, 0.4) is 0 Å². The molecule has 0 aromatic carbocycles. The summed E-state index contributed by atoms with van der Waals surface area (Å²) in [6, 6.07) is 4.08. The number of rotatable bonds is 3. The first-order chi connectivity index (χ1) is 7.20. The lowest BCUT2D eigenvalue weighted by Gasteiger charge is -2.01. The molecule has 0 spiro atoms. The van der Waals surface area contributed by atoms with E-state index < -0.39 is 0 Å². The Morgan fingerprint density at radius 1 is 1.53 bits per heavy atom. The Kier molecular flexibility index (Phi) is 3.56. The quantitative estimate of drug-likeness (QED) is 0.937. The van der Waals surface area contributed by atoms with Crippen LogP contribution >= 0.6 is 38.6 Å². The van der Waals surface area contributed by atoms with Gasteiger partial charge in [-0.1, -0.05) is 6.92 Å². The average Bonchev–Trinajstić information content (AvgIpc) is 2.84. The molecule has 2 heterocycles. The van der Waals surface area contributed by atoms with E-state index in [0.717, 1.165) is 14.5 Å². The Morgan fingerprint density at radius 2 is 2.33 bits per heavy atom. The van der Waals surface area contributed by atoms with E-state index in [1.807, 2.05) is 18.4 Å². The number of thiazole rings is 1. The second-order valence-corrected chi connectivity index (χ2v) is 6.59. The zero-order valence-electron chi connectivity index (χ0n) is 8.11. The molecular formula is C10H10BrNOS2. The lowest BCUT2D eigenvalue weighted by Crippen LogP contribution is -1.98. The van der Waals surface area contributed by atoms with Gasteiger partial charge in [0.1, 0.15) is 5.01 Å². The van der Waals surface area contributed by atoms with Crippen molar-refractivity contribution >= 4 is 38.6 Å². The fourth-order valence-electron chi connectivity index (χ4n) is 1.15. The van der Waals surface area contributed by atoms with Crippen LogP contribution in [0.5, 0.6) is 0 Å². The number of hydrogen-bond acceptors (Lipinski definition) is 4. The van der Waals surface area contributed by atoms with Crippen LogP contribution in [0.4, 0.5) is 0 Å². The molecule has 15 heavy (non-hydrogen) atoms. The summed E-state index contributed by atoms with van der Waals surface area (Å²) in [5.74, 6) is 0.124. The molecule has 0 fully saturated rings. The standard InChI is InChI=1S/C10H10BrNOS2/c1-6(4-13)7-5-14-10(12-7)8-2-3-9(11)15-8/h2-3,5-6,13H,4H2,1H3. The van der Waals surface area contributed by atoms with Gasteiger partial charge < -0.3 is 5.11 Å². The van der Waals surface area contributed by atoms with Crippen molar-refractivity contribution in [2.75, 3.05) is 6.61 Å². The van der Waals surface area contributed by atoms with Gasteiger partial charge in [0, 0.05) is 11.3 Å². The summed E-state index contributed by atoms with van der Waals surface area (Å²) in [7, 11) is 0. The molecule has 0 saturated heterocycles. The van der Waals surface area contributed by atoms with Gasteiger partial charge in [-0.25, -0.2) is 4.98 Å². The second-order valence-electron chi connectivity index (χ2n) is 3.26. The van der Waals surface area contributed by atoms with Crippen molar-refractivity contribution in [1.29, 1.82) is 0 Å². The summed E-state index contributed by atoms with van der Waals surface area (Å²) >= 11 is 6.74. The van der Waals surface area contributed by atoms with Gasteiger partial charge in [-0.2, -0.15) is 0 Å². The van der Waals surface area contributed by atoms with E-state index in [1.54, 1.807) is 22.7 Å². The van der Waals surface area contributed by atoms with E-state index in [-0.39, 0.29) is 12.5 Å². The number of aliphatic hydroxyl groups excluding tert-OH is 1. The molecule has 2 aromatic heterocycles. The Labute approximate surface area is 105 Å². The van der Waals surface area contributed by atoms with Crippen molar-refractivity contribution in [3.8, 4) is 9.88 Å². The van der Waals surface area contributed by atoms with Crippen molar-refractivity contribution in [2.45, 2.75) is 12.8 Å². The maximum atomic E-state index is 9.03. The van der Waals surface area contributed by atoms with Crippen molar-refractivity contribution in [3.05, 3.63) is 27.0 Å². The average molecular weight is 304 g/mol. The zero-order valence-corrected chi connectivity index (χ0v) is 11.3. The molecule has 0 radical (unpaired) electrons. The predicted molar refractivity (Wildman–Crippen MR) is 68.6 cm³/mol. The van der Waals surface area contributed by atoms with Gasteiger partial charge >= 0.3 is 0 Å². The van der Waals surface area contributed by atoms with E-state index in [4.69, 9.17) is 5.11 Å². The second kappa shape index (κ2) is 4.74. The Morgan fingerprint density at radius 3 is 2.93 bits per heavy atom. The largest absolute Gasteiger partial charge is 0.396 e. The highest BCUT2D eigenvalue weighted by molar-refractivity contribution is 9.11. The molecule has 1 N–H and O–H groups in total. The third-order valence-corrected chi connectivity index (χ3v) is 4.74. The fraction of sp³-hybridized carbons (Fsp3) is 0.300. The van der Waals surface area contributed by atoms with E-state index in [1.165, 1.54) is 4.88 Å². The highest BCUT2D eigenvalue weighted by Crippen LogP contribution is 2.34. The summed E-state index contributed by atoms with van der Waals surface area (Å²) in [5, 5.41) is 12.1. The van der Waals surface area contributed by atoms with Crippen LogP contribution in [0, 0.1) is 0 Å². The maximum absolute atomic E-state index is 9.03. The van der Waals surface area contributed by atoms with Gasteiger partial charge in [0.05, 0.1) is 21.0 Å². The first-order valence-corrected chi connectivity index (χ1v) is 7.01. The highest BCUT2D eigenvalue weighted by Gasteiger charge is 2.11. The van der Waals surface area contributed by atoms with E-state index in [9.17, 15) is 0 Å². The normalized spacial score (nSPS) is 13.0. The topological polar surface area (TPSA) is 33.1 Å². The summed E-state index contributed by atoms with van der Waals surface area (Å²) in [5.41, 5.74) is 0.974. The summed E-state index contributed by atoms with van der Waals surface area (Å²) < 4.78 is 1.12. The molecule has 0 saturated carbocycles. The van der Waals surface area contributed by atoms with Crippen LogP contribution < -0.4 is 0 Å². The number of nitrogens with zero attached hydrogens (tertiary/aromatic N) is 1. The molecule has 0 aliphatic rings. The maximum Gasteiger partial charge on any atom is 0.133 e. The fourth-order valence-corrected chi connectivity index (χ4v) is 3.55. The number of aliphatic hydroxyl groups is 1. The molecule has 0 bridgehead atoms. The SMILES string of the molecule is CC(CO)c1csc(-c2ccc(Br)s2)n1. The first-order valence-electron chi connectivity index (χ1n) is 4.52. The van der Waals surface area contributed by atoms with Gasteiger partial charge in [0.25, 0.3) is 0 Å². The molecule has 1 atom stereocenters. The molecule has 0 aliphatic carbocycles. The molecule has 1 unspecified atom stereocenters. The van der Waals surface area contributed by atoms with E-state index >= 15 is 0 Å². The van der Waals surface area contributed by atoms with E-state index in [2.05, 4.69) is 27.0 Å². The van der Waals surface area contributed by atoms with Gasteiger partial charge in [0.15, 0.2) is 0 Å². The number of aromatic nitrogens is 1. The van der Waals surface area contributed by atoms with Crippen LogP contribution in [0.15, 0.2) is 21.3 Å². The minimum Gasteiger partial charge on any atom is -0.396 e. The van der Waals surface area contributed by atoms with Gasteiger partial charge in [-0.3, -0.25) is 0 Å². The molecule has 0 aliphatic heterocycles. The molecule has 2 nitrogen and oxygen atoms in total. The Balaban J connectivity index is 2.27. The molecule has 80 valence electrons. The molecule has 5 heteroatoms.